The molecule has 200 valence electrons. The van der Waals surface area contributed by atoms with E-state index in [0.717, 1.165) is 21.7 Å². The Morgan fingerprint density at radius 1 is 1.03 bits per heavy atom. The van der Waals surface area contributed by atoms with Crippen LogP contribution in [0.5, 0.6) is 11.5 Å². The molecule has 0 bridgehead atoms. The number of carbonyl (C=O) groups is 2. The number of amides is 2. The van der Waals surface area contributed by atoms with Gasteiger partial charge in [-0.15, -0.1) is 11.8 Å². The zero-order valence-electron chi connectivity index (χ0n) is 21.9. The number of benzene rings is 3. The zero-order valence-corrected chi connectivity index (χ0v) is 23.5. The molecule has 0 fully saturated rings. The van der Waals surface area contributed by atoms with Crippen molar-refractivity contribution in [2.75, 3.05) is 24.7 Å². The van der Waals surface area contributed by atoms with Crippen molar-refractivity contribution in [2.45, 2.75) is 43.9 Å². The fourth-order valence-corrected chi connectivity index (χ4v) is 5.88. The number of anilines is 1. The van der Waals surface area contributed by atoms with Gasteiger partial charge in [0, 0.05) is 16.5 Å². The summed E-state index contributed by atoms with van der Waals surface area (Å²) in [6.07, 6.45) is 0.637. The van der Waals surface area contributed by atoms with E-state index in [1.807, 2.05) is 87.5 Å². The molecule has 0 aliphatic carbocycles. The lowest BCUT2D eigenvalue weighted by Crippen LogP contribution is -2.47. The van der Waals surface area contributed by atoms with E-state index in [1.165, 1.54) is 11.8 Å². The van der Waals surface area contributed by atoms with Crippen molar-refractivity contribution in [1.29, 1.82) is 0 Å². The monoisotopic (exact) mass is 552 g/mol. The van der Waals surface area contributed by atoms with Crippen LogP contribution in [0.25, 0.3) is 0 Å². The summed E-state index contributed by atoms with van der Waals surface area (Å²) in [5, 5.41) is 3.09. The Labute approximate surface area is 233 Å². The Bertz CT molecular complexity index is 1280. The number of fused-ring (bicyclic) bond motifs is 1. The average molecular weight is 553 g/mol. The highest BCUT2D eigenvalue weighted by Gasteiger charge is 2.39. The van der Waals surface area contributed by atoms with Gasteiger partial charge < -0.3 is 19.7 Å². The second-order valence-electron chi connectivity index (χ2n) is 9.00. The third-order valence-electron chi connectivity index (χ3n) is 6.39. The lowest BCUT2D eigenvalue weighted by atomic mass is 10.0. The highest BCUT2D eigenvalue weighted by Crippen LogP contribution is 2.42. The van der Waals surface area contributed by atoms with E-state index < -0.39 is 11.2 Å². The van der Waals surface area contributed by atoms with Gasteiger partial charge in [-0.25, -0.2) is 0 Å². The number of nitrogens with zero attached hydrogens (tertiary/aromatic N) is 1. The van der Waals surface area contributed by atoms with E-state index in [1.54, 1.807) is 4.90 Å². The molecule has 0 unspecified atom stereocenters. The van der Waals surface area contributed by atoms with Crippen molar-refractivity contribution in [3.8, 4) is 11.5 Å². The summed E-state index contributed by atoms with van der Waals surface area (Å²) in [6.45, 7) is 7.59. The summed E-state index contributed by atoms with van der Waals surface area (Å²) in [6, 6.07) is 21.1. The predicted molar refractivity (Wildman–Crippen MR) is 153 cm³/mol. The molecule has 1 heterocycles. The Morgan fingerprint density at radius 3 is 2.50 bits per heavy atom. The first-order chi connectivity index (χ1) is 18.4. The maximum atomic E-state index is 13.7. The first-order valence-corrected chi connectivity index (χ1v) is 14.1. The Balaban J connectivity index is 1.43. The van der Waals surface area contributed by atoms with E-state index in [9.17, 15) is 9.59 Å². The molecule has 6 nitrogen and oxygen atoms in total. The summed E-state index contributed by atoms with van der Waals surface area (Å²) in [7, 11) is 0. The number of halogens is 1. The molecule has 2 atom stereocenters. The summed E-state index contributed by atoms with van der Waals surface area (Å²) in [4.78, 5) is 29.6. The van der Waals surface area contributed by atoms with Gasteiger partial charge in [-0.3, -0.25) is 9.59 Å². The summed E-state index contributed by atoms with van der Waals surface area (Å²) in [5.41, 5.74) is 2.74. The maximum Gasteiger partial charge on any atom is 0.241 e. The minimum Gasteiger partial charge on any atom is -0.490 e. The van der Waals surface area contributed by atoms with Gasteiger partial charge in [0.25, 0.3) is 0 Å². The molecule has 1 aliphatic heterocycles. The molecule has 1 N–H and O–H groups in total. The van der Waals surface area contributed by atoms with Gasteiger partial charge in [-0.05, 0) is 61.7 Å². The molecular weight excluding hydrogens is 520 g/mol. The molecule has 38 heavy (non-hydrogen) atoms. The molecule has 3 aromatic carbocycles. The van der Waals surface area contributed by atoms with Crippen LogP contribution in [-0.2, 0) is 22.6 Å². The number of para-hydroxylation sites is 1. The standard InChI is InChI=1S/C30H33ClN2O4S/c1-4-36-25-15-14-21(18-26(25)37-5-2)16-17-32-29(34)20(3)28-30(35)33(19-22-10-6-7-11-23(22)31)24-12-8-9-13-27(24)38-28/h6-15,18,20,28H,4-5,16-17,19H2,1-3H3,(H,32,34)/t20-,28-/m1/s1. The highest BCUT2D eigenvalue weighted by molar-refractivity contribution is 8.01. The number of rotatable bonds is 11. The average Bonchev–Trinajstić information content (AvgIpc) is 2.92. The fraction of sp³-hybridized carbons (Fsp3) is 0.333. The van der Waals surface area contributed by atoms with Crippen LogP contribution in [0.4, 0.5) is 5.69 Å². The molecular formula is C30H33ClN2O4S. The van der Waals surface area contributed by atoms with Crippen LogP contribution in [0, 0.1) is 5.92 Å². The highest BCUT2D eigenvalue weighted by atomic mass is 35.5. The van der Waals surface area contributed by atoms with E-state index in [0.29, 0.717) is 49.2 Å². The van der Waals surface area contributed by atoms with Gasteiger partial charge in [0.15, 0.2) is 11.5 Å². The van der Waals surface area contributed by atoms with Crippen LogP contribution in [-0.4, -0.2) is 36.8 Å². The van der Waals surface area contributed by atoms with Gasteiger partial charge in [-0.2, -0.15) is 0 Å². The van der Waals surface area contributed by atoms with Gasteiger partial charge >= 0.3 is 0 Å². The van der Waals surface area contributed by atoms with E-state index in [-0.39, 0.29) is 11.8 Å². The second-order valence-corrected chi connectivity index (χ2v) is 10.6. The van der Waals surface area contributed by atoms with E-state index in [2.05, 4.69) is 5.32 Å². The van der Waals surface area contributed by atoms with Crippen LogP contribution in [0.15, 0.2) is 71.6 Å². The largest absolute Gasteiger partial charge is 0.490 e. The Hall–Kier alpha value is -3.16. The first kappa shape index (κ1) is 27.9. The molecule has 4 rings (SSSR count). The number of nitrogens with one attached hydrogen (secondary N) is 1. The third kappa shape index (κ3) is 6.45. The van der Waals surface area contributed by atoms with Crippen molar-refractivity contribution in [3.05, 3.63) is 82.9 Å². The normalized spacial score (nSPS) is 15.5. The van der Waals surface area contributed by atoms with Gasteiger partial charge in [0.05, 0.1) is 31.4 Å². The third-order valence-corrected chi connectivity index (χ3v) is 8.23. The molecule has 0 saturated heterocycles. The maximum absolute atomic E-state index is 13.7. The number of thioether (sulfide) groups is 1. The number of carbonyl (C=O) groups excluding carboxylic acids is 2. The van der Waals surface area contributed by atoms with Crippen molar-refractivity contribution in [2.24, 2.45) is 5.92 Å². The fourth-order valence-electron chi connectivity index (χ4n) is 4.39. The lowest BCUT2D eigenvalue weighted by molar-refractivity contribution is -0.128. The predicted octanol–water partition coefficient (Wildman–Crippen LogP) is 6.14. The second kappa shape index (κ2) is 13.1. The van der Waals surface area contributed by atoms with Crippen LogP contribution < -0.4 is 19.7 Å². The molecule has 0 spiro atoms. The first-order valence-electron chi connectivity index (χ1n) is 12.9. The molecule has 3 aromatic rings. The van der Waals surface area contributed by atoms with Crippen LogP contribution in [0.3, 0.4) is 0 Å². The molecule has 1 aliphatic rings. The van der Waals surface area contributed by atoms with Gasteiger partial charge in [-0.1, -0.05) is 54.9 Å². The minimum atomic E-state index is -0.539. The topological polar surface area (TPSA) is 67.9 Å². The van der Waals surface area contributed by atoms with Crippen LogP contribution >= 0.6 is 23.4 Å². The smallest absolute Gasteiger partial charge is 0.241 e. The van der Waals surface area contributed by atoms with Crippen molar-refractivity contribution in [1.82, 2.24) is 5.32 Å². The lowest BCUT2D eigenvalue weighted by Gasteiger charge is -2.36. The Kier molecular flexibility index (Phi) is 9.58. The molecule has 8 heteroatoms. The summed E-state index contributed by atoms with van der Waals surface area (Å²) >= 11 is 7.85. The summed E-state index contributed by atoms with van der Waals surface area (Å²) < 4.78 is 11.3. The van der Waals surface area contributed by atoms with Crippen molar-refractivity contribution >= 4 is 40.9 Å². The van der Waals surface area contributed by atoms with Crippen molar-refractivity contribution in [3.63, 3.8) is 0 Å². The minimum absolute atomic E-state index is 0.0934. The molecule has 0 aromatic heterocycles. The van der Waals surface area contributed by atoms with Gasteiger partial charge in [0.1, 0.15) is 5.25 Å². The molecule has 2 amide bonds. The zero-order chi connectivity index (χ0) is 27.1. The number of hydrogen-bond donors (Lipinski definition) is 1. The SMILES string of the molecule is CCOc1ccc(CCNC(=O)[C@H](C)[C@H]2Sc3ccccc3N(Cc3ccccc3Cl)C2=O)cc1OCC. The van der Waals surface area contributed by atoms with Crippen LogP contribution in [0.2, 0.25) is 5.02 Å². The molecule has 0 saturated carbocycles. The van der Waals surface area contributed by atoms with Crippen LogP contribution in [0.1, 0.15) is 31.9 Å². The summed E-state index contributed by atoms with van der Waals surface area (Å²) in [5.74, 6) is 0.653. The van der Waals surface area contributed by atoms with E-state index in [4.69, 9.17) is 21.1 Å². The van der Waals surface area contributed by atoms with E-state index >= 15 is 0 Å². The number of ether oxygens (including phenoxy) is 2. The number of hydrogen-bond acceptors (Lipinski definition) is 5. The van der Waals surface area contributed by atoms with Gasteiger partial charge in [0.2, 0.25) is 11.8 Å². The van der Waals surface area contributed by atoms with Crippen molar-refractivity contribution < 1.29 is 19.1 Å². The molecule has 0 radical (unpaired) electrons. The Morgan fingerprint density at radius 2 is 1.74 bits per heavy atom. The quantitative estimate of drug-likeness (QED) is 0.309.